The molecule has 0 aromatic carbocycles. The molecule has 1 N–H and O–H groups in total. The van der Waals surface area contributed by atoms with E-state index in [0.717, 1.165) is 19.5 Å². The first kappa shape index (κ1) is 8.02. The van der Waals surface area contributed by atoms with Gasteiger partial charge in [-0.05, 0) is 18.9 Å². The summed E-state index contributed by atoms with van der Waals surface area (Å²) in [5, 5.41) is 9.37. The minimum atomic E-state index is -0.117. The monoisotopic (exact) mass is 143 g/mol. The van der Waals surface area contributed by atoms with Crippen molar-refractivity contribution >= 4 is 0 Å². The number of piperidine rings is 1. The second-order valence-corrected chi connectivity index (χ2v) is 4.22. The van der Waals surface area contributed by atoms with E-state index in [4.69, 9.17) is 0 Å². The number of hydrogen-bond acceptors (Lipinski definition) is 2. The molecule has 0 spiro atoms. The van der Waals surface area contributed by atoms with Crippen LogP contribution < -0.4 is 0 Å². The Hall–Kier alpha value is -0.0800. The Morgan fingerprint density at radius 1 is 1.50 bits per heavy atom. The Labute approximate surface area is 62.8 Å². The summed E-state index contributed by atoms with van der Waals surface area (Å²) < 4.78 is 0. The Morgan fingerprint density at radius 2 is 2.10 bits per heavy atom. The van der Waals surface area contributed by atoms with Gasteiger partial charge < -0.3 is 10.0 Å². The van der Waals surface area contributed by atoms with Crippen LogP contribution in [0.1, 0.15) is 20.3 Å². The number of hydrogen-bond donors (Lipinski definition) is 1. The minimum absolute atomic E-state index is 0.117. The van der Waals surface area contributed by atoms with E-state index in [1.807, 2.05) is 0 Å². The molecule has 1 saturated heterocycles. The van der Waals surface area contributed by atoms with Gasteiger partial charge in [-0.1, -0.05) is 13.8 Å². The number of likely N-dealkylation sites (tertiary alicyclic amines) is 1. The highest BCUT2D eigenvalue weighted by Crippen LogP contribution is 2.27. The van der Waals surface area contributed by atoms with Crippen LogP contribution in [0.4, 0.5) is 0 Å². The standard InChI is InChI=1S/C8H17NO/c1-8(2)4-7(10)5-9(3)6-8/h7,10H,4-6H2,1-3H3/t7-/m0/s1. The lowest BCUT2D eigenvalue weighted by molar-refractivity contribution is 0.0187. The zero-order valence-electron chi connectivity index (χ0n) is 7.09. The van der Waals surface area contributed by atoms with Crippen molar-refractivity contribution in [1.29, 1.82) is 0 Å². The second kappa shape index (κ2) is 2.51. The molecule has 1 aliphatic rings. The predicted molar refractivity (Wildman–Crippen MR) is 41.9 cm³/mol. The molecular weight excluding hydrogens is 126 g/mol. The summed E-state index contributed by atoms with van der Waals surface area (Å²) >= 11 is 0. The van der Waals surface area contributed by atoms with E-state index < -0.39 is 0 Å². The SMILES string of the molecule is CN1C[C@@H](O)CC(C)(C)C1. The highest BCUT2D eigenvalue weighted by molar-refractivity contribution is 4.82. The molecule has 1 aliphatic heterocycles. The third-order valence-electron chi connectivity index (χ3n) is 2.01. The van der Waals surface area contributed by atoms with E-state index in [-0.39, 0.29) is 6.10 Å². The number of rotatable bonds is 0. The molecule has 0 saturated carbocycles. The zero-order valence-corrected chi connectivity index (χ0v) is 7.09. The predicted octanol–water partition coefficient (Wildman–Crippen LogP) is 0.709. The van der Waals surface area contributed by atoms with Gasteiger partial charge in [0.25, 0.3) is 0 Å². The molecule has 1 heterocycles. The quantitative estimate of drug-likeness (QED) is 0.540. The number of nitrogens with zero attached hydrogens (tertiary/aromatic N) is 1. The first-order valence-corrected chi connectivity index (χ1v) is 3.86. The van der Waals surface area contributed by atoms with Crippen molar-refractivity contribution in [3.8, 4) is 0 Å². The summed E-state index contributed by atoms with van der Waals surface area (Å²) in [6.07, 6.45) is 0.825. The normalized spacial score (nSPS) is 34.2. The summed E-state index contributed by atoms with van der Waals surface area (Å²) in [4.78, 5) is 2.19. The first-order chi connectivity index (χ1) is 4.49. The first-order valence-electron chi connectivity index (χ1n) is 3.86. The molecule has 1 fully saturated rings. The van der Waals surface area contributed by atoms with Crippen LogP contribution in [0.2, 0.25) is 0 Å². The fraction of sp³-hybridized carbons (Fsp3) is 1.00. The van der Waals surface area contributed by atoms with Gasteiger partial charge in [0.05, 0.1) is 6.10 Å². The van der Waals surface area contributed by atoms with Crippen molar-refractivity contribution in [3.05, 3.63) is 0 Å². The third-order valence-corrected chi connectivity index (χ3v) is 2.01. The fourth-order valence-corrected chi connectivity index (χ4v) is 1.92. The maximum atomic E-state index is 9.37. The minimum Gasteiger partial charge on any atom is -0.392 e. The molecule has 0 bridgehead atoms. The fourth-order valence-electron chi connectivity index (χ4n) is 1.92. The van der Waals surface area contributed by atoms with Crippen molar-refractivity contribution < 1.29 is 5.11 Å². The summed E-state index contributed by atoms with van der Waals surface area (Å²) in [5.74, 6) is 0. The number of likely N-dealkylation sites (N-methyl/N-ethyl adjacent to an activating group) is 1. The van der Waals surface area contributed by atoms with Crippen molar-refractivity contribution in [2.75, 3.05) is 20.1 Å². The van der Waals surface area contributed by atoms with Gasteiger partial charge in [-0.25, -0.2) is 0 Å². The Bertz CT molecular complexity index is 110. The van der Waals surface area contributed by atoms with Gasteiger partial charge in [-0.3, -0.25) is 0 Å². The Morgan fingerprint density at radius 3 is 2.50 bits per heavy atom. The van der Waals surface area contributed by atoms with Crippen LogP contribution in [0.25, 0.3) is 0 Å². The number of aliphatic hydroxyl groups is 1. The molecular formula is C8H17NO. The van der Waals surface area contributed by atoms with E-state index in [1.54, 1.807) is 0 Å². The van der Waals surface area contributed by atoms with Gasteiger partial charge in [-0.2, -0.15) is 0 Å². The van der Waals surface area contributed by atoms with Crippen LogP contribution in [0.3, 0.4) is 0 Å². The lowest BCUT2D eigenvalue weighted by Crippen LogP contribution is -2.44. The molecule has 2 nitrogen and oxygen atoms in total. The molecule has 0 aromatic rings. The van der Waals surface area contributed by atoms with Gasteiger partial charge in [0, 0.05) is 13.1 Å². The van der Waals surface area contributed by atoms with Crippen molar-refractivity contribution in [2.24, 2.45) is 5.41 Å². The van der Waals surface area contributed by atoms with E-state index in [2.05, 4.69) is 25.8 Å². The summed E-state index contributed by atoms with van der Waals surface area (Å²) in [5.41, 5.74) is 0.298. The van der Waals surface area contributed by atoms with E-state index in [1.165, 1.54) is 0 Å². The van der Waals surface area contributed by atoms with Crippen LogP contribution >= 0.6 is 0 Å². The van der Waals surface area contributed by atoms with E-state index in [9.17, 15) is 5.11 Å². The smallest absolute Gasteiger partial charge is 0.0672 e. The number of aliphatic hydroxyl groups excluding tert-OH is 1. The van der Waals surface area contributed by atoms with Gasteiger partial charge >= 0.3 is 0 Å². The van der Waals surface area contributed by atoms with Crippen LogP contribution in [-0.4, -0.2) is 36.2 Å². The highest BCUT2D eigenvalue weighted by atomic mass is 16.3. The van der Waals surface area contributed by atoms with E-state index >= 15 is 0 Å². The molecule has 10 heavy (non-hydrogen) atoms. The Kier molecular flexibility index (Phi) is 2.02. The topological polar surface area (TPSA) is 23.5 Å². The third kappa shape index (κ3) is 1.96. The molecule has 0 aliphatic carbocycles. The maximum Gasteiger partial charge on any atom is 0.0672 e. The average Bonchev–Trinajstić information content (AvgIpc) is 1.54. The van der Waals surface area contributed by atoms with Gasteiger partial charge in [-0.15, -0.1) is 0 Å². The van der Waals surface area contributed by atoms with Crippen LogP contribution in [0.15, 0.2) is 0 Å². The molecule has 0 amide bonds. The molecule has 0 aromatic heterocycles. The zero-order chi connectivity index (χ0) is 7.78. The molecule has 0 unspecified atom stereocenters. The second-order valence-electron chi connectivity index (χ2n) is 4.22. The lowest BCUT2D eigenvalue weighted by Gasteiger charge is -2.38. The van der Waals surface area contributed by atoms with Gasteiger partial charge in [0.15, 0.2) is 0 Å². The molecule has 60 valence electrons. The van der Waals surface area contributed by atoms with Crippen LogP contribution in [0, 0.1) is 5.41 Å². The summed E-state index contributed by atoms with van der Waals surface area (Å²) in [6.45, 7) is 6.34. The maximum absolute atomic E-state index is 9.37. The molecule has 0 radical (unpaired) electrons. The summed E-state index contributed by atoms with van der Waals surface area (Å²) in [7, 11) is 2.06. The Balaban J connectivity index is 2.51. The van der Waals surface area contributed by atoms with Gasteiger partial charge in [0.2, 0.25) is 0 Å². The van der Waals surface area contributed by atoms with Crippen molar-refractivity contribution in [2.45, 2.75) is 26.4 Å². The average molecular weight is 143 g/mol. The van der Waals surface area contributed by atoms with Gasteiger partial charge in [0.1, 0.15) is 0 Å². The highest BCUT2D eigenvalue weighted by Gasteiger charge is 2.29. The molecule has 1 atom stereocenters. The largest absolute Gasteiger partial charge is 0.392 e. The van der Waals surface area contributed by atoms with Crippen molar-refractivity contribution in [1.82, 2.24) is 4.90 Å². The van der Waals surface area contributed by atoms with E-state index in [0.29, 0.717) is 5.41 Å². The molecule has 2 heteroatoms. The number of β-amino-alcohol motifs (C(OH)–C–C–N with tert-alkyl or cyclic N) is 1. The van der Waals surface area contributed by atoms with Crippen LogP contribution in [0.5, 0.6) is 0 Å². The van der Waals surface area contributed by atoms with Crippen LogP contribution in [-0.2, 0) is 0 Å². The summed E-state index contributed by atoms with van der Waals surface area (Å²) in [6, 6.07) is 0. The molecule has 1 rings (SSSR count). The van der Waals surface area contributed by atoms with Crippen molar-refractivity contribution in [3.63, 3.8) is 0 Å². The lowest BCUT2D eigenvalue weighted by atomic mass is 9.83.